The van der Waals surface area contributed by atoms with Gasteiger partial charge in [-0.25, -0.2) is 13.6 Å². The number of piperidine rings is 1. The first-order valence-electron chi connectivity index (χ1n) is 9.19. The van der Waals surface area contributed by atoms with Gasteiger partial charge in [0.25, 0.3) is 0 Å². The number of hydrogen-bond acceptors (Lipinski definition) is 3. The number of nitrogens with zero attached hydrogens (tertiary/aromatic N) is 2. The highest BCUT2D eigenvalue weighted by molar-refractivity contribution is 5.79. The molecule has 27 heavy (non-hydrogen) atoms. The van der Waals surface area contributed by atoms with Crippen LogP contribution in [0.4, 0.5) is 13.6 Å². The number of ether oxygens (including phenoxy) is 1. The molecule has 0 radical (unpaired) electrons. The summed E-state index contributed by atoms with van der Waals surface area (Å²) >= 11 is 0. The zero-order valence-electron chi connectivity index (χ0n) is 16.6. The highest BCUT2D eigenvalue weighted by Gasteiger charge is 2.32. The van der Waals surface area contributed by atoms with Gasteiger partial charge in [0.1, 0.15) is 5.60 Å². The molecule has 1 heterocycles. The average Bonchev–Trinajstić information content (AvgIpc) is 2.61. The lowest BCUT2D eigenvalue weighted by Gasteiger charge is -2.35. The quantitative estimate of drug-likeness (QED) is 0.790. The van der Waals surface area contributed by atoms with Crippen molar-refractivity contribution < 1.29 is 23.1 Å². The Bertz CT molecular complexity index is 695. The molecule has 1 aliphatic rings. The van der Waals surface area contributed by atoms with Gasteiger partial charge < -0.3 is 14.5 Å². The Morgan fingerprint density at radius 1 is 1.19 bits per heavy atom. The van der Waals surface area contributed by atoms with E-state index in [2.05, 4.69) is 0 Å². The van der Waals surface area contributed by atoms with Crippen molar-refractivity contribution in [2.75, 3.05) is 20.1 Å². The zero-order chi connectivity index (χ0) is 20.4. The molecule has 1 unspecified atom stereocenters. The summed E-state index contributed by atoms with van der Waals surface area (Å²) < 4.78 is 31.9. The Morgan fingerprint density at radius 3 is 2.30 bits per heavy atom. The molecule has 1 aromatic rings. The van der Waals surface area contributed by atoms with Gasteiger partial charge in [-0.05, 0) is 58.2 Å². The normalized spacial score (nSPS) is 16.8. The van der Waals surface area contributed by atoms with E-state index in [1.165, 1.54) is 6.07 Å². The van der Waals surface area contributed by atoms with Crippen molar-refractivity contribution in [2.45, 2.75) is 52.2 Å². The average molecular weight is 382 g/mol. The highest BCUT2D eigenvalue weighted by Crippen LogP contribution is 2.26. The van der Waals surface area contributed by atoms with Crippen LogP contribution in [0.25, 0.3) is 0 Å². The zero-order valence-corrected chi connectivity index (χ0v) is 16.6. The third-order valence-corrected chi connectivity index (χ3v) is 4.85. The maximum Gasteiger partial charge on any atom is 0.410 e. The molecule has 2 amide bonds. The molecule has 1 aliphatic heterocycles. The first kappa shape index (κ1) is 21.1. The molecule has 2 rings (SSSR count). The SMILES string of the molecule is CC(c1ccc(F)c(F)c1)N(C)C(=O)C1CCN(C(=O)OC(C)(C)C)CC1. The van der Waals surface area contributed by atoms with E-state index in [1.54, 1.807) is 23.8 Å². The van der Waals surface area contributed by atoms with Crippen LogP contribution < -0.4 is 0 Å². The van der Waals surface area contributed by atoms with Gasteiger partial charge in [0.05, 0.1) is 6.04 Å². The van der Waals surface area contributed by atoms with E-state index in [0.717, 1.165) is 12.1 Å². The Balaban J connectivity index is 1.94. The van der Waals surface area contributed by atoms with Crippen molar-refractivity contribution in [2.24, 2.45) is 5.92 Å². The number of carbonyl (C=O) groups excluding carboxylic acids is 2. The molecule has 1 aromatic carbocycles. The molecule has 0 N–H and O–H groups in total. The predicted molar refractivity (Wildman–Crippen MR) is 98.1 cm³/mol. The third-order valence-electron chi connectivity index (χ3n) is 4.85. The van der Waals surface area contributed by atoms with Crippen molar-refractivity contribution in [3.63, 3.8) is 0 Å². The van der Waals surface area contributed by atoms with Gasteiger partial charge >= 0.3 is 6.09 Å². The van der Waals surface area contributed by atoms with Crippen LogP contribution >= 0.6 is 0 Å². The van der Waals surface area contributed by atoms with E-state index in [-0.39, 0.29) is 24.0 Å². The van der Waals surface area contributed by atoms with Crippen LogP contribution in [-0.4, -0.2) is 47.5 Å². The third kappa shape index (κ3) is 5.40. The molecule has 5 nitrogen and oxygen atoms in total. The predicted octanol–water partition coefficient (Wildman–Crippen LogP) is 4.13. The second-order valence-corrected chi connectivity index (χ2v) is 8.04. The van der Waals surface area contributed by atoms with Gasteiger partial charge in [0.15, 0.2) is 11.6 Å². The fourth-order valence-corrected chi connectivity index (χ4v) is 3.11. The number of rotatable bonds is 3. The van der Waals surface area contributed by atoms with Gasteiger partial charge in [-0.2, -0.15) is 0 Å². The minimum absolute atomic E-state index is 0.0592. The minimum atomic E-state index is -0.925. The molecule has 0 aliphatic carbocycles. The molecule has 150 valence electrons. The van der Waals surface area contributed by atoms with E-state index in [0.29, 0.717) is 31.5 Å². The lowest BCUT2D eigenvalue weighted by Crippen LogP contribution is -2.45. The van der Waals surface area contributed by atoms with Crippen molar-refractivity contribution in [3.05, 3.63) is 35.4 Å². The molecule has 1 fully saturated rings. The van der Waals surface area contributed by atoms with Crippen LogP contribution in [0.1, 0.15) is 52.1 Å². The van der Waals surface area contributed by atoms with Crippen molar-refractivity contribution >= 4 is 12.0 Å². The molecule has 7 heteroatoms. The first-order chi connectivity index (χ1) is 12.5. The Hall–Kier alpha value is -2.18. The molecule has 0 spiro atoms. The van der Waals surface area contributed by atoms with E-state index in [1.807, 2.05) is 20.8 Å². The lowest BCUT2D eigenvalue weighted by atomic mass is 9.94. The molecule has 0 saturated carbocycles. The summed E-state index contributed by atoms with van der Waals surface area (Å²) in [5.74, 6) is -2.10. The van der Waals surface area contributed by atoms with Crippen LogP contribution in [0.3, 0.4) is 0 Å². The summed E-state index contributed by atoms with van der Waals surface area (Å²) in [4.78, 5) is 28.1. The van der Waals surface area contributed by atoms with Crippen LogP contribution in [-0.2, 0) is 9.53 Å². The number of halogens is 2. The molecule has 1 saturated heterocycles. The highest BCUT2D eigenvalue weighted by atomic mass is 19.2. The lowest BCUT2D eigenvalue weighted by molar-refractivity contribution is -0.137. The maximum atomic E-state index is 13.5. The van der Waals surface area contributed by atoms with Crippen LogP contribution in [0.15, 0.2) is 18.2 Å². The smallest absolute Gasteiger partial charge is 0.410 e. The largest absolute Gasteiger partial charge is 0.444 e. The molecular formula is C20H28F2N2O3. The van der Waals surface area contributed by atoms with E-state index in [9.17, 15) is 18.4 Å². The Morgan fingerprint density at radius 2 is 1.78 bits per heavy atom. The van der Waals surface area contributed by atoms with Crippen molar-refractivity contribution in [3.8, 4) is 0 Å². The second kappa shape index (κ2) is 8.23. The van der Waals surface area contributed by atoms with E-state index < -0.39 is 17.2 Å². The van der Waals surface area contributed by atoms with Crippen molar-refractivity contribution in [1.29, 1.82) is 0 Å². The van der Waals surface area contributed by atoms with Crippen LogP contribution in [0.5, 0.6) is 0 Å². The van der Waals surface area contributed by atoms with Gasteiger partial charge in [-0.1, -0.05) is 6.07 Å². The topological polar surface area (TPSA) is 49.9 Å². The molecule has 0 bridgehead atoms. The number of carbonyl (C=O) groups is 2. The summed E-state index contributed by atoms with van der Waals surface area (Å²) in [6.45, 7) is 8.14. The summed E-state index contributed by atoms with van der Waals surface area (Å²) in [5, 5.41) is 0. The van der Waals surface area contributed by atoms with Crippen molar-refractivity contribution in [1.82, 2.24) is 9.80 Å². The molecule has 1 atom stereocenters. The number of hydrogen-bond donors (Lipinski definition) is 0. The number of benzene rings is 1. The standard InChI is InChI=1S/C20H28F2N2O3/c1-13(15-6-7-16(21)17(22)12-15)23(5)18(25)14-8-10-24(11-9-14)19(26)27-20(2,3)4/h6-7,12-14H,8-11H2,1-5H3. The molecular weight excluding hydrogens is 354 g/mol. The molecule has 0 aromatic heterocycles. The Labute approximate surface area is 159 Å². The minimum Gasteiger partial charge on any atom is -0.444 e. The summed E-state index contributed by atoms with van der Waals surface area (Å²) in [7, 11) is 1.66. The summed E-state index contributed by atoms with van der Waals surface area (Å²) in [6.07, 6.45) is 0.733. The van der Waals surface area contributed by atoms with Gasteiger partial charge in [-0.15, -0.1) is 0 Å². The van der Waals surface area contributed by atoms with Crippen LogP contribution in [0, 0.1) is 17.6 Å². The maximum absolute atomic E-state index is 13.5. The number of amides is 2. The monoisotopic (exact) mass is 382 g/mol. The Kier molecular flexibility index (Phi) is 6.44. The van der Waals surface area contributed by atoms with Gasteiger partial charge in [0, 0.05) is 26.1 Å². The first-order valence-corrected chi connectivity index (χ1v) is 9.19. The second-order valence-electron chi connectivity index (χ2n) is 8.04. The summed E-state index contributed by atoms with van der Waals surface area (Å²) in [5.41, 5.74) is -0.0138. The van der Waals surface area contributed by atoms with Gasteiger partial charge in [-0.3, -0.25) is 4.79 Å². The van der Waals surface area contributed by atoms with Crippen LogP contribution in [0.2, 0.25) is 0 Å². The summed E-state index contributed by atoms with van der Waals surface area (Å²) in [6, 6.07) is 3.29. The fraction of sp³-hybridized carbons (Fsp3) is 0.600. The van der Waals surface area contributed by atoms with Gasteiger partial charge in [0.2, 0.25) is 5.91 Å². The van der Waals surface area contributed by atoms with E-state index in [4.69, 9.17) is 4.74 Å². The fourth-order valence-electron chi connectivity index (χ4n) is 3.11. The number of likely N-dealkylation sites (tertiary alicyclic amines) is 1. The van der Waals surface area contributed by atoms with E-state index >= 15 is 0 Å².